The molecule has 7 nitrogen and oxygen atoms in total. The second kappa shape index (κ2) is 9.19. The summed E-state index contributed by atoms with van der Waals surface area (Å²) < 4.78 is 11.6. The van der Waals surface area contributed by atoms with E-state index in [4.69, 9.17) is 9.47 Å². The van der Waals surface area contributed by atoms with E-state index in [1.807, 2.05) is 57.2 Å². The largest absolute Gasteiger partial charge is 0.493 e. The SMILES string of the molecule is CCCCN1CC(=O)N2C[C@@H](c3ccc(OC(C)C)c(OC)c3)c3c([nH]c4ccccc34)[C@@]2(C)C1=O. The minimum absolute atomic E-state index is 0.0138. The number of fused-ring (bicyclic) bond motifs is 5. The van der Waals surface area contributed by atoms with E-state index >= 15 is 0 Å². The fraction of sp³-hybridized carbons (Fsp3) is 0.448. The molecule has 5 rings (SSSR count). The number of nitrogens with one attached hydrogen (secondary N) is 1. The molecule has 2 atom stereocenters. The van der Waals surface area contributed by atoms with Crippen LogP contribution in [-0.4, -0.2) is 59.4 Å². The van der Waals surface area contributed by atoms with Crippen LogP contribution in [0.15, 0.2) is 42.5 Å². The maximum Gasteiger partial charge on any atom is 0.254 e. The third-order valence-electron chi connectivity index (χ3n) is 7.55. The maximum atomic E-state index is 13.9. The zero-order valence-corrected chi connectivity index (χ0v) is 21.8. The van der Waals surface area contributed by atoms with E-state index in [1.165, 1.54) is 0 Å². The number of aromatic nitrogens is 1. The molecule has 190 valence electrons. The van der Waals surface area contributed by atoms with Gasteiger partial charge >= 0.3 is 0 Å². The van der Waals surface area contributed by atoms with Crippen molar-refractivity contribution in [1.29, 1.82) is 0 Å². The van der Waals surface area contributed by atoms with Gasteiger partial charge in [-0.2, -0.15) is 0 Å². The Hall–Kier alpha value is -3.48. The summed E-state index contributed by atoms with van der Waals surface area (Å²) >= 11 is 0. The van der Waals surface area contributed by atoms with Crippen LogP contribution in [0.3, 0.4) is 0 Å². The van der Waals surface area contributed by atoms with Gasteiger partial charge in [0.1, 0.15) is 0 Å². The summed E-state index contributed by atoms with van der Waals surface area (Å²) in [5.41, 5.74) is 2.79. The van der Waals surface area contributed by atoms with Crippen LogP contribution in [0, 0.1) is 0 Å². The summed E-state index contributed by atoms with van der Waals surface area (Å²) in [6.07, 6.45) is 1.87. The average molecular weight is 490 g/mol. The minimum atomic E-state index is -1.07. The van der Waals surface area contributed by atoms with Crippen molar-refractivity contribution in [3.8, 4) is 11.5 Å². The van der Waals surface area contributed by atoms with E-state index in [-0.39, 0.29) is 30.4 Å². The first-order valence-corrected chi connectivity index (χ1v) is 12.8. The van der Waals surface area contributed by atoms with Crippen LogP contribution in [0.2, 0.25) is 0 Å². The number of aromatic amines is 1. The lowest BCUT2D eigenvalue weighted by molar-refractivity contribution is -0.166. The molecule has 0 spiro atoms. The van der Waals surface area contributed by atoms with Gasteiger partial charge in [0.2, 0.25) is 5.91 Å². The van der Waals surface area contributed by atoms with Crippen molar-refractivity contribution < 1.29 is 19.1 Å². The highest BCUT2D eigenvalue weighted by Gasteiger charge is 2.56. The van der Waals surface area contributed by atoms with E-state index in [1.54, 1.807) is 16.9 Å². The molecule has 1 N–H and O–H groups in total. The van der Waals surface area contributed by atoms with Crippen molar-refractivity contribution in [1.82, 2.24) is 14.8 Å². The number of nitrogens with zero attached hydrogens (tertiary/aromatic N) is 2. The van der Waals surface area contributed by atoms with Gasteiger partial charge in [-0.25, -0.2) is 0 Å². The quantitative estimate of drug-likeness (QED) is 0.518. The molecule has 1 aromatic heterocycles. The Labute approximate surface area is 212 Å². The lowest BCUT2D eigenvalue weighted by atomic mass is 9.76. The number of piperazine rings is 1. The van der Waals surface area contributed by atoms with Crippen LogP contribution in [0.5, 0.6) is 11.5 Å². The van der Waals surface area contributed by atoms with Crippen molar-refractivity contribution in [2.45, 2.75) is 58.1 Å². The molecular weight excluding hydrogens is 454 g/mol. The number of benzene rings is 2. The first kappa shape index (κ1) is 24.2. The number of unbranched alkanes of at least 4 members (excludes halogenated alkanes) is 1. The van der Waals surface area contributed by atoms with Gasteiger partial charge < -0.3 is 24.3 Å². The van der Waals surface area contributed by atoms with E-state index in [2.05, 4.69) is 18.0 Å². The van der Waals surface area contributed by atoms with Gasteiger partial charge in [0.25, 0.3) is 5.91 Å². The average Bonchev–Trinajstić information content (AvgIpc) is 3.26. The molecule has 0 radical (unpaired) electrons. The number of hydrogen-bond acceptors (Lipinski definition) is 4. The molecule has 0 aliphatic carbocycles. The van der Waals surface area contributed by atoms with Gasteiger partial charge in [-0.1, -0.05) is 37.6 Å². The molecule has 0 bridgehead atoms. The minimum Gasteiger partial charge on any atom is -0.493 e. The number of carbonyl (C=O) groups is 2. The Morgan fingerprint density at radius 3 is 2.64 bits per heavy atom. The molecule has 2 amide bonds. The fourth-order valence-electron chi connectivity index (χ4n) is 5.76. The summed E-state index contributed by atoms with van der Waals surface area (Å²) in [6, 6.07) is 14.1. The lowest BCUT2D eigenvalue weighted by Crippen LogP contribution is -2.67. The molecule has 7 heteroatoms. The van der Waals surface area contributed by atoms with Crippen molar-refractivity contribution in [3.63, 3.8) is 0 Å². The standard InChI is InChI=1S/C29H35N3O4/c1-6-7-14-31-17-25(33)32-16-21(19-12-13-23(36-18(2)3)24(15-19)35-5)26-20-10-8-9-11-22(20)30-27(26)29(32,4)28(31)34/h8-13,15,18,21,30H,6-7,14,16-17H2,1-5H3/t21-,29-/m0/s1. The number of amides is 2. The summed E-state index contributed by atoms with van der Waals surface area (Å²) in [5.74, 6) is 1.19. The van der Waals surface area contributed by atoms with Crippen molar-refractivity contribution in [3.05, 3.63) is 59.3 Å². The van der Waals surface area contributed by atoms with Crippen LogP contribution in [-0.2, 0) is 15.1 Å². The Kier molecular flexibility index (Phi) is 6.18. The van der Waals surface area contributed by atoms with Gasteiger partial charge in [-0.3, -0.25) is 9.59 Å². The molecule has 2 aromatic carbocycles. The first-order valence-electron chi connectivity index (χ1n) is 12.8. The van der Waals surface area contributed by atoms with E-state index in [9.17, 15) is 9.59 Å². The number of H-pyrrole nitrogens is 1. The Morgan fingerprint density at radius 1 is 1.14 bits per heavy atom. The monoisotopic (exact) mass is 489 g/mol. The number of para-hydroxylation sites is 1. The van der Waals surface area contributed by atoms with Gasteiger partial charge in [0.15, 0.2) is 17.0 Å². The molecule has 1 saturated heterocycles. The topological polar surface area (TPSA) is 74.9 Å². The summed E-state index contributed by atoms with van der Waals surface area (Å²) in [7, 11) is 1.64. The van der Waals surface area contributed by atoms with E-state index < -0.39 is 5.54 Å². The summed E-state index contributed by atoms with van der Waals surface area (Å²) in [5, 5.41) is 1.07. The molecular formula is C29H35N3O4. The van der Waals surface area contributed by atoms with Gasteiger partial charge in [0, 0.05) is 29.9 Å². The van der Waals surface area contributed by atoms with Gasteiger partial charge in [-0.05, 0) is 56.5 Å². The molecule has 0 saturated carbocycles. The third-order valence-corrected chi connectivity index (χ3v) is 7.55. The van der Waals surface area contributed by atoms with Gasteiger partial charge in [-0.15, -0.1) is 0 Å². The molecule has 36 heavy (non-hydrogen) atoms. The highest BCUT2D eigenvalue weighted by atomic mass is 16.5. The second-order valence-corrected chi connectivity index (χ2v) is 10.2. The highest BCUT2D eigenvalue weighted by Crippen LogP contribution is 2.49. The zero-order valence-electron chi connectivity index (χ0n) is 21.8. The maximum absolute atomic E-state index is 13.9. The number of methoxy groups -OCH3 is 1. The van der Waals surface area contributed by atoms with Gasteiger partial charge in [0.05, 0.1) is 25.5 Å². The second-order valence-electron chi connectivity index (χ2n) is 10.2. The van der Waals surface area contributed by atoms with Crippen LogP contribution >= 0.6 is 0 Å². The van der Waals surface area contributed by atoms with Crippen molar-refractivity contribution in [2.24, 2.45) is 0 Å². The van der Waals surface area contributed by atoms with Crippen LogP contribution < -0.4 is 9.47 Å². The predicted molar refractivity (Wildman–Crippen MR) is 139 cm³/mol. The molecule has 2 aliphatic rings. The van der Waals surface area contributed by atoms with E-state index in [0.29, 0.717) is 24.6 Å². The predicted octanol–water partition coefficient (Wildman–Crippen LogP) is 4.80. The zero-order chi connectivity index (χ0) is 25.6. The Balaban J connectivity index is 1.67. The van der Waals surface area contributed by atoms with Crippen LogP contribution in [0.25, 0.3) is 10.9 Å². The third kappa shape index (κ3) is 3.72. The Bertz CT molecular complexity index is 1310. The molecule has 3 heterocycles. The lowest BCUT2D eigenvalue weighted by Gasteiger charge is -2.51. The van der Waals surface area contributed by atoms with E-state index in [0.717, 1.165) is 40.6 Å². The smallest absolute Gasteiger partial charge is 0.254 e. The van der Waals surface area contributed by atoms with Crippen LogP contribution in [0.4, 0.5) is 0 Å². The summed E-state index contributed by atoms with van der Waals surface area (Å²) in [4.78, 5) is 34.5. The number of carbonyl (C=O) groups excluding carboxylic acids is 2. The highest BCUT2D eigenvalue weighted by molar-refractivity contribution is 6.01. The molecule has 0 unspecified atom stereocenters. The molecule has 3 aromatic rings. The fourth-order valence-corrected chi connectivity index (χ4v) is 5.76. The number of ether oxygens (including phenoxy) is 2. The summed E-state index contributed by atoms with van der Waals surface area (Å²) in [6.45, 7) is 9.10. The van der Waals surface area contributed by atoms with Crippen molar-refractivity contribution >= 4 is 22.7 Å². The Morgan fingerprint density at radius 2 is 1.92 bits per heavy atom. The van der Waals surface area contributed by atoms with Crippen LogP contribution in [0.1, 0.15) is 63.3 Å². The normalized spacial score (nSPS) is 21.7. The van der Waals surface area contributed by atoms with Crippen molar-refractivity contribution in [2.75, 3.05) is 26.7 Å². The molecule has 1 fully saturated rings. The molecule has 2 aliphatic heterocycles. The number of hydrogen-bond donors (Lipinski definition) is 1. The number of rotatable bonds is 7. The first-order chi connectivity index (χ1) is 17.3.